The van der Waals surface area contributed by atoms with Gasteiger partial charge < -0.3 is 5.11 Å². The quantitative estimate of drug-likeness (QED) is 0.763. The molecule has 0 amide bonds. The molecule has 23 heavy (non-hydrogen) atoms. The van der Waals surface area contributed by atoms with Crippen LogP contribution in [0.25, 0.3) is 22.4 Å². The largest absolute Gasteiger partial charge is 0.392 e. The number of pyridine rings is 1. The molecule has 116 valence electrons. The molecule has 2 aromatic carbocycles. The van der Waals surface area contributed by atoms with Crippen LogP contribution < -0.4 is 0 Å². The highest BCUT2D eigenvalue weighted by Crippen LogP contribution is 2.31. The Morgan fingerprint density at radius 1 is 0.957 bits per heavy atom. The topological polar surface area (TPSA) is 33.1 Å². The molecule has 1 N–H and O–H groups in total. The molecule has 2 nitrogen and oxygen atoms in total. The summed E-state index contributed by atoms with van der Waals surface area (Å²) in [5.41, 5.74) is 5.34. The Bertz CT molecular complexity index is 798. The van der Waals surface area contributed by atoms with Crippen LogP contribution in [0.3, 0.4) is 0 Å². The van der Waals surface area contributed by atoms with E-state index in [4.69, 9.17) is 4.98 Å². The van der Waals surface area contributed by atoms with Crippen LogP contribution in [0.4, 0.5) is 4.39 Å². The number of aliphatic hydroxyl groups is 1. The Hall–Kier alpha value is -2.52. The molecule has 0 aliphatic heterocycles. The fraction of sp³-hybridized carbons (Fsp3) is 0.150. The number of rotatable bonds is 4. The van der Waals surface area contributed by atoms with E-state index >= 15 is 0 Å². The number of benzene rings is 2. The maximum atomic E-state index is 13.2. The van der Waals surface area contributed by atoms with Gasteiger partial charge in [0, 0.05) is 16.8 Å². The molecule has 0 aliphatic carbocycles. The smallest absolute Gasteiger partial charge is 0.123 e. The number of hydrogen-bond donors (Lipinski definition) is 1. The molecule has 0 spiro atoms. The third-order valence-electron chi connectivity index (χ3n) is 3.93. The lowest BCUT2D eigenvalue weighted by molar-refractivity contribution is 0.280. The van der Waals surface area contributed by atoms with Crippen LogP contribution in [0.15, 0.2) is 60.7 Å². The Morgan fingerprint density at radius 3 is 2.26 bits per heavy atom. The van der Waals surface area contributed by atoms with Crippen molar-refractivity contribution in [2.24, 2.45) is 0 Å². The maximum absolute atomic E-state index is 13.2. The van der Waals surface area contributed by atoms with Gasteiger partial charge in [0.15, 0.2) is 0 Å². The van der Waals surface area contributed by atoms with Crippen LogP contribution in [-0.4, -0.2) is 10.1 Å². The second-order valence-corrected chi connectivity index (χ2v) is 5.36. The Kier molecular flexibility index (Phi) is 4.49. The number of nitrogens with zero attached hydrogens (tertiary/aromatic N) is 1. The van der Waals surface area contributed by atoms with E-state index in [9.17, 15) is 9.50 Å². The van der Waals surface area contributed by atoms with Crippen LogP contribution >= 0.6 is 0 Å². The van der Waals surface area contributed by atoms with E-state index in [2.05, 4.69) is 0 Å². The highest BCUT2D eigenvalue weighted by atomic mass is 19.1. The lowest BCUT2D eigenvalue weighted by Crippen LogP contribution is -2.02. The zero-order chi connectivity index (χ0) is 16.2. The van der Waals surface area contributed by atoms with Gasteiger partial charge in [-0.15, -0.1) is 0 Å². The summed E-state index contributed by atoms with van der Waals surface area (Å²) in [5.74, 6) is -0.271. The number of aryl methyl sites for hydroxylation is 1. The predicted molar refractivity (Wildman–Crippen MR) is 90.4 cm³/mol. The lowest BCUT2D eigenvalue weighted by Gasteiger charge is -2.15. The molecule has 0 fully saturated rings. The standard InChI is InChI=1S/C20H18FNO/c1-2-19-18(13-23)17(14-8-10-16(21)11-9-14)12-20(22-19)15-6-4-3-5-7-15/h3-12,23H,2,13H2,1H3. The second-order valence-electron chi connectivity index (χ2n) is 5.36. The van der Waals surface area contributed by atoms with Crippen LogP contribution in [0.1, 0.15) is 18.2 Å². The average molecular weight is 307 g/mol. The minimum atomic E-state index is -0.271. The molecule has 3 rings (SSSR count). The van der Waals surface area contributed by atoms with Gasteiger partial charge in [-0.25, -0.2) is 4.39 Å². The molecule has 0 aliphatic rings. The number of aromatic nitrogens is 1. The molecule has 1 heterocycles. The van der Waals surface area contributed by atoms with E-state index in [1.54, 1.807) is 12.1 Å². The van der Waals surface area contributed by atoms with Gasteiger partial charge in [0.05, 0.1) is 12.3 Å². The maximum Gasteiger partial charge on any atom is 0.123 e. The first-order valence-corrected chi connectivity index (χ1v) is 7.68. The van der Waals surface area contributed by atoms with E-state index < -0.39 is 0 Å². The van der Waals surface area contributed by atoms with Gasteiger partial charge in [-0.1, -0.05) is 49.4 Å². The van der Waals surface area contributed by atoms with E-state index in [1.165, 1.54) is 12.1 Å². The third-order valence-corrected chi connectivity index (χ3v) is 3.93. The van der Waals surface area contributed by atoms with Gasteiger partial charge in [-0.05, 0) is 35.7 Å². The van der Waals surface area contributed by atoms with Crippen LogP contribution in [0.5, 0.6) is 0 Å². The minimum Gasteiger partial charge on any atom is -0.392 e. The molecule has 3 aromatic rings. The van der Waals surface area contributed by atoms with Crippen LogP contribution in [-0.2, 0) is 13.0 Å². The Balaban J connectivity index is 2.22. The minimum absolute atomic E-state index is 0.0854. The van der Waals surface area contributed by atoms with Crippen LogP contribution in [0.2, 0.25) is 0 Å². The lowest BCUT2D eigenvalue weighted by atomic mass is 9.96. The SMILES string of the molecule is CCc1nc(-c2ccccc2)cc(-c2ccc(F)cc2)c1CO. The summed E-state index contributed by atoms with van der Waals surface area (Å²) in [7, 11) is 0. The normalized spacial score (nSPS) is 10.7. The Labute approximate surface area is 135 Å². The van der Waals surface area contributed by atoms with E-state index in [1.807, 2.05) is 43.3 Å². The van der Waals surface area contributed by atoms with E-state index in [-0.39, 0.29) is 12.4 Å². The predicted octanol–water partition coefficient (Wildman–Crippen LogP) is 4.61. The zero-order valence-corrected chi connectivity index (χ0v) is 13.0. The fourth-order valence-corrected chi connectivity index (χ4v) is 2.74. The van der Waals surface area contributed by atoms with Crippen molar-refractivity contribution in [3.05, 3.63) is 77.7 Å². The van der Waals surface area contributed by atoms with Crippen LogP contribution in [0, 0.1) is 5.82 Å². The summed E-state index contributed by atoms with van der Waals surface area (Å²) in [6, 6.07) is 18.2. The highest BCUT2D eigenvalue weighted by Gasteiger charge is 2.13. The zero-order valence-electron chi connectivity index (χ0n) is 13.0. The van der Waals surface area contributed by atoms with Crippen molar-refractivity contribution in [2.45, 2.75) is 20.0 Å². The Morgan fingerprint density at radius 2 is 1.65 bits per heavy atom. The third kappa shape index (κ3) is 3.15. The number of aliphatic hydroxyl groups excluding tert-OH is 1. The summed E-state index contributed by atoms with van der Waals surface area (Å²) >= 11 is 0. The van der Waals surface area contributed by atoms with E-state index in [0.29, 0.717) is 0 Å². The molecular weight excluding hydrogens is 289 g/mol. The van der Waals surface area contributed by atoms with Crippen molar-refractivity contribution < 1.29 is 9.50 Å². The van der Waals surface area contributed by atoms with Crippen molar-refractivity contribution in [3.8, 4) is 22.4 Å². The van der Waals surface area contributed by atoms with Crippen molar-refractivity contribution in [2.75, 3.05) is 0 Å². The molecule has 0 bridgehead atoms. The van der Waals surface area contributed by atoms with Crippen molar-refractivity contribution in [1.29, 1.82) is 0 Å². The average Bonchev–Trinajstić information content (AvgIpc) is 2.62. The van der Waals surface area contributed by atoms with Crippen molar-refractivity contribution >= 4 is 0 Å². The van der Waals surface area contributed by atoms with Gasteiger partial charge in [0.2, 0.25) is 0 Å². The first kappa shape index (κ1) is 15.4. The van der Waals surface area contributed by atoms with Gasteiger partial charge in [-0.3, -0.25) is 4.98 Å². The highest BCUT2D eigenvalue weighted by molar-refractivity contribution is 5.74. The van der Waals surface area contributed by atoms with Gasteiger partial charge in [0.25, 0.3) is 0 Å². The summed E-state index contributed by atoms with van der Waals surface area (Å²) < 4.78 is 13.2. The molecule has 1 aromatic heterocycles. The number of halogens is 1. The molecular formula is C20H18FNO. The van der Waals surface area contributed by atoms with Gasteiger partial charge >= 0.3 is 0 Å². The first-order valence-electron chi connectivity index (χ1n) is 7.68. The molecule has 0 unspecified atom stereocenters. The second kappa shape index (κ2) is 6.71. The summed E-state index contributed by atoms with van der Waals surface area (Å²) in [5, 5.41) is 9.79. The number of hydrogen-bond acceptors (Lipinski definition) is 2. The van der Waals surface area contributed by atoms with Gasteiger partial charge in [-0.2, -0.15) is 0 Å². The monoisotopic (exact) mass is 307 g/mol. The summed E-state index contributed by atoms with van der Waals surface area (Å²) in [4.78, 5) is 4.70. The molecule has 3 heteroatoms. The van der Waals surface area contributed by atoms with Crippen molar-refractivity contribution in [1.82, 2.24) is 4.98 Å². The van der Waals surface area contributed by atoms with E-state index in [0.717, 1.165) is 40.1 Å². The van der Waals surface area contributed by atoms with Crippen molar-refractivity contribution in [3.63, 3.8) is 0 Å². The molecule has 0 saturated carbocycles. The summed E-state index contributed by atoms with van der Waals surface area (Å²) in [6.45, 7) is 1.93. The molecule has 0 radical (unpaired) electrons. The van der Waals surface area contributed by atoms with Gasteiger partial charge in [0.1, 0.15) is 5.82 Å². The summed E-state index contributed by atoms with van der Waals surface area (Å²) in [6.07, 6.45) is 0.727. The molecule has 0 atom stereocenters. The fourth-order valence-electron chi connectivity index (χ4n) is 2.74. The molecule has 0 saturated heterocycles. The first-order chi connectivity index (χ1) is 11.2.